The van der Waals surface area contributed by atoms with Crippen LogP contribution in [-0.4, -0.2) is 47.9 Å². The fourth-order valence-corrected chi connectivity index (χ4v) is 5.23. The lowest BCUT2D eigenvalue weighted by Crippen LogP contribution is -2.50. The van der Waals surface area contributed by atoms with Crippen LogP contribution < -0.4 is 5.73 Å². The topological polar surface area (TPSA) is 49.6 Å². The van der Waals surface area contributed by atoms with Crippen molar-refractivity contribution >= 4 is 5.91 Å². The molecule has 0 aromatic heterocycles. The molecular formula is C22H32F3N3O. The molecule has 4 nitrogen and oxygen atoms in total. The molecule has 7 heteroatoms. The average Bonchev–Trinajstić information content (AvgIpc) is 3.18. The minimum absolute atomic E-state index is 0.267. The standard InChI is InChI=1S/C22H32F3N3O/c1-14(2)9-20(21(26)29)27(3)19-8-7-16-12-28(13-18(16)19)11-15-5-4-6-17(10-15)22(23,24)25/h4-6,10,14,16,18-20H,7-9,11-13H2,1-3H3,(H2,26,29)/t16-,18+,19-,20-/m0/s1. The smallest absolute Gasteiger partial charge is 0.368 e. The Balaban J connectivity index is 1.66. The number of alkyl halides is 3. The summed E-state index contributed by atoms with van der Waals surface area (Å²) < 4.78 is 39.0. The molecule has 162 valence electrons. The lowest BCUT2D eigenvalue weighted by Gasteiger charge is -2.35. The van der Waals surface area contributed by atoms with E-state index in [0.29, 0.717) is 35.9 Å². The largest absolute Gasteiger partial charge is 0.416 e. The second kappa shape index (κ2) is 8.64. The summed E-state index contributed by atoms with van der Waals surface area (Å²) in [6, 6.07) is 5.64. The number of primary amides is 1. The van der Waals surface area contributed by atoms with Crippen LogP contribution in [0.4, 0.5) is 13.2 Å². The molecule has 4 atom stereocenters. The van der Waals surface area contributed by atoms with Crippen molar-refractivity contribution in [1.82, 2.24) is 9.80 Å². The van der Waals surface area contributed by atoms with Gasteiger partial charge in [-0.05, 0) is 55.7 Å². The van der Waals surface area contributed by atoms with E-state index in [1.54, 1.807) is 6.07 Å². The van der Waals surface area contributed by atoms with Gasteiger partial charge in [0.05, 0.1) is 11.6 Å². The average molecular weight is 412 g/mol. The Kier molecular flexibility index (Phi) is 6.58. The van der Waals surface area contributed by atoms with Crippen LogP contribution in [0.25, 0.3) is 0 Å². The molecule has 0 bridgehead atoms. The van der Waals surface area contributed by atoms with Crippen molar-refractivity contribution in [3.8, 4) is 0 Å². The quantitative estimate of drug-likeness (QED) is 0.744. The number of likely N-dealkylation sites (N-methyl/N-ethyl adjacent to an activating group) is 1. The first kappa shape index (κ1) is 22.1. The Hall–Kier alpha value is -1.60. The van der Waals surface area contributed by atoms with E-state index in [9.17, 15) is 18.0 Å². The van der Waals surface area contributed by atoms with Crippen molar-refractivity contribution in [2.24, 2.45) is 23.5 Å². The number of nitrogens with two attached hydrogens (primary N) is 1. The van der Waals surface area contributed by atoms with E-state index < -0.39 is 11.7 Å². The van der Waals surface area contributed by atoms with Gasteiger partial charge in [0.25, 0.3) is 0 Å². The zero-order valence-corrected chi connectivity index (χ0v) is 17.5. The number of amides is 1. The summed E-state index contributed by atoms with van der Waals surface area (Å²) in [5.74, 6) is 1.07. The maximum atomic E-state index is 13.0. The molecule has 0 radical (unpaired) electrons. The molecule has 2 aliphatic rings. The predicted molar refractivity (Wildman–Crippen MR) is 107 cm³/mol. The van der Waals surface area contributed by atoms with E-state index in [0.717, 1.165) is 38.4 Å². The second-order valence-electron chi connectivity index (χ2n) is 9.17. The highest BCUT2D eigenvalue weighted by Crippen LogP contribution is 2.41. The minimum atomic E-state index is -4.31. The summed E-state index contributed by atoms with van der Waals surface area (Å²) in [6.07, 6.45) is -1.43. The maximum Gasteiger partial charge on any atom is 0.416 e. The van der Waals surface area contributed by atoms with Gasteiger partial charge in [-0.3, -0.25) is 14.6 Å². The number of hydrogen-bond acceptors (Lipinski definition) is 3. The Morgan fingerprint density at radius 1 is 1.28 bits per heavy atom. The van der Waals surface area contributed by atoms with Gasteiger partial charge >= 0.3 is 6.18 Å². The monoisotopic (exact) mass is 411 g/mol. The Bertz CT molecular complexity index is 721. The van der Waals surface area contributed by atoms with Gasteiger partial charge < -0.3 is 5.73 Å². The highest BCUT2D eigenvalue weighted by atomic mass is 19.4. The molecule has 1 saturated carbocycles. The molecule has 1 heterocycles. The lowest BCUT2D eigenvalue weighted by molar-refractivity contribution is -0.137. The third-order valence-electron chi connectivity index (χ3n) is 6.59. The van der Waals surface area contributed by atoms with E-state index in [2.05, 4.69) is 23.6 Å². The number of carbonyl (C=O) groups excluding carboxylic acids is 1. The number of fused-ring (bicyclic) bond motifs is 1. The molecule has 1 aromatic carbocycles. The molecular weight excluding hydrogens is 379 g/mol. The van der Waals surface area contributed by atoms with Crippen molar-refractivity contribution in [2.45, 2.75) is 57.9 Å². The number of carbonyl (C=O) groups is 1. The van der Waals surface area contributed by atoms with Gasteiger partial charge in [0.15, 0.2) is 0 Å². The maximum absolute atomic E-state index is 13.0. The van der Waals surface area contributed by atoms with Crippen LogP contribution >= 0.6 is 0 Å². The van der Waals surface area contributed by atoms with Crippen molar-refractivity contribution in [3.63, 3.8) is 0 Å². The normalized spacial score (nSPS) is 26.3. The van der Waals surface area contributed by atoms with Gasteiger partial charge in [-0.25, -0.2) is 0 Å². The molecule has 3 rings (SSSR count). The molecule has 2 fully saturated rings. The fourth-order valence-electron chi connectivity index (χ4n) is 5.23. The van der Waals surface area contributed by atoms with E-state index in [-0.39, 0.29) is 11.9 Å². The first-order valence-electron chi connectivity index (χ1n) is 10.5. The number of likely N-dealkylation sites (tertiary alicyclic amines) is 1. The lowest BCUT2D eigenvalue weighted by atomic mass is 9.94. The van der Waals surface area contributed by atoms with Gasteiger partial charge in [-0.15, -0.1) is 0 Å². The number of halogens is 3. The van der Waals surface area contributed by atoms with Crippen molar-refractivity contribution in [2.75, 3.05) is 20.1 Å². The summed E-state index contributed by atoms with van der Waals surface area (Å²) in [5.41, 5.74) is 5.79. The number of hydrogen-bond donors (Lipinski definition) is 1. The zero-order valence-electron chi connectivity index (χ0n) is 17.5. The van der Waals surface area contributed by atoms with Gasteiger partial charge in [-0.2, -0.15) is 13.2 Å². The number of nitrogens with zero attached hydrogens (tertiary/aromatic N) is 2. The first-order chi connectivity index (χ1) is 13.6. The number of rotatable bonds is 7. The van der Waals surface area contributed by atoms with Crippen LogP contribution in [0.3, 0.4) is 0 Å². The molecule has 0 spiro atoms. The summed E-state index contributed by atoms with van der Waals surface area (Å²) in [5, 5.41) is 0. The molecule has 0 unspecified atom stereocenters. The summed E-state index contributed by atoms with van der Waals surface area (Å²) in [6.45, 7) is 6.46. The van der Waals surface area contributed by atoms with E-state index in [1.165, 1.54) is 12.1 Å². The highest BCUT2D eigenvalue weighted by molar-refractivity contribution is 5.79. The van der Waals surface area contributed by atoms with Crippen molar-refractivity contribution in [1.29, 1.82) is 0 Å². The van der Waals surface area contributed by atoms with Crippen LogP contribution in [-0.2, 0) is 17.5 Å². The minimum Gasteiger partial charge on any atom is -0.368 e. The third-order valence-corrected chi connectivity index (χ3v) is 6.59. The van der Waals surface area contributed by atoms with Gasteiger partial charge in [0.2, 0.25) is 5.91 Å². The van der Waals surface area contributed by atoms with E-state index >= 15 is 0 Å². The van der Waals surface area contributed by atoms with Crippen LogP contribution in [0.2, 0.25) is 0 Å². The molecule has 2 N–H and O–H groups in total. The van der Waals surface area contributed by atoms with Gasteiger partial charge in [-0.1, -0.05) is 32.0 Å². The van der Waals surface area contributed by atoms with Crippen LogP contribution in [0.5, 0.6) is 0 Å². The second-order valence-corrected chi connectivity index (χ2v) is 9.17. The van der Waals surface area contributed by atoms with E-state index in [4.69, 9.17) is 5.73 Å². The number of benzene rings is 1. The Morgan fingerprint density at radius 2 is 2.00 bits per heavy atom. The zero-order chi connectivity index (χ0) is 21.3. The van der Waals surface area contributed by atoms with Crippen LogP contribution in [0.1, 0.15) is 44.2 Å². The van der Waals surface area contributed by atoms with Crippen LogP contribution in [0.15, 0.2) is 24.3 Å². The summed E-state index contributed by atoms with van der Waals surface area (Å²) in [7, 11) is 2.00. The third kappa shape index (κ3) is 5.12. The molecule has 1 amide bonds. The van der Waals surface area contributed by atoms with E-state index in [1.807, 2.05) is 7.05 Å². The van der Waals surface area contributed by atoms with Crippen molar-refractivity contribution < 1.29 is 18.0 Å². The Morgan fingerprint density at radius 3 is 2.62 bits per heavy atom. The molecule has 1 aromatic rings. The predicted octanol–water partition coefficient (Wildman–Crippen LogP) is 3.75. The summed E-state index contributed by atoms with van der Waals surface area (Å²) in [4.78, 5) is 16.4. The molecule has 1 saturated heterocycles. The fraction of sp³-hybridized carbons (Fsp3) is 0.682. The van der Waals surface area contributed by atoms with Gasteiger partial charge in [0.1, 0.15) is 0 Å². The first-order valence-corrected chi connectivity index (χ1v) is 10.5. The molecule has 1 aliphatic carbocycles. The summed E-state index contributed by atoms with van der Waals surface area (Å²) >= 11 is 0. The Labute approximate surface area is 171 Å². The van der Waals surface area contributed by atoms with Gasteiger partial charge in [0, 0.05) is 25.7 Å². The highest BCUT2D eigenvalue weighted by Gasteiger charge is 2.45. The van der Waals surface area contributed by atoms with Crippen molar-refractivity contribution in [3.05, 3.63) is 35.4 Å². The SMILES string of the molecule is CC(C)C[C@@H](C(N)=O)N(C)[C@H]1CC[C@H]2CN(Cc3cccc(C(F)(F)F)c3)C[C@H]21. The molecule has 29 heavy (non-hydrogen) atoms. The molecule has 1 aliphatic heterocycles. The van der Waals surface area contributed by atoms with Crippen LogP contribution in [0, 0.1) is 17.8 Å².